The van der Waals surface area contributed by atoms with Crippen molar-refractivity contribution in [2.45, 2.75) is 19.3 Å². The number of nitrogens with zero attached hydrogens (tertiary/aromatic N) is 2. The molecule has 1 aromatic rings. The molecule has 0 spiro atoms. The number of nitrogens with two attached hydrogens (primary N) is 2. The van der Waals surface area contributed by atoms with Gasteiger partial charge in [0.2, 0.25) is 0 Å². The first-order chi connectivity index (χ1) is 9.24. The van der Waals surface area contributed by atoms with Crippen LogP contribution in [-0.4, -0.2) is 25.0 Å². The van der Waals surface area contributed by atoms with E-state index in [0.717, 1.165) is 18.9 Å². The van der Waals surface area contributed by atoms with Crippen molar-refractivity contribution >= 4 is 11.9 Å². The molecule has 1 aliphatic rings. The molecule has 0 heterocycles. The summed E-state index contributed by atoms with van der Waals surface area (Å²) >= 11 is 0. The molecule has 102 valence electrons. The largest absolute Gasteiger partial charge is 0.370 e. The minimum atomic E-state index is 0.327. The van der Waals surface area contributed by atoms with Crippen molar-refractivity contribution in [1.82, 2.24) is 5.32 Å². The lowest BCUT2D eigenvalue weighted by Gasteiger charge is -2.04. The number of aliphatic imine (C=N–C) groups is 2. The van der Waals surface area contributed by atoms with Gasteiger partial charge in [0.15, 0.2) is 11.9 Å². The zero-order valence-electron chi connectivity index (χ0n) is 11.0. The van der Waals surface area contributed by atoms with Crippen LogP contribution < -0.4 is 16.8 Å². The van der Waals surface area contributed by atoms with E-state index in [2.05, 4.69) is 27.4 Å². The van der Waals surface area contributed by atoms with Gasteiger partial charge in [-0.2, -0.15) is 0 Å². The van der Waals surface area contributed by atoms with E-state index < -0.39 is 0 Å². The molecule has 0 saturated heterocycles. The summed E-state index contributed by atoms with van der Waals surface area (Å²) in [6.45, 7) is 1.43. The van der Waals surface area contributed by atoms with Crippen molar-refractivity contribution in [3.63, 3.8) is 0 Å². The highest BCUT2D eigenvalue weighted by molar-refractivity contribution is 5.97. The van der Waals surface area contributed by atoms with Crippen molar-refractivity contribution < 1.29 is 0 Å². The summed E-state index contributed by atoms with van der Waals surface area (Å²) < 4.78 is 0. The molecule has 0 aliphatic heterocycles. The molecule has 1 saturated carbocycles. The molecule has 5 heteroatoms. The van der Waals surface area contributed by atoms with Crippen molar-refractivity contribution in [2.75, 3.05) is 13.1 Å². The number of rotatable bonds is 5. The minimum Gasteiger partial charge on any atom is -0.370 e. The first-order valence-electron chi connectivity index (χ1n) is 6.65. The van der Waals surface area contributed by atoms with Crippen LogP contribution in [0.15, 0.2) is 40.3 Å². The van der Waals surface area contributed by atoms with Crippen LogP contribution in [0.3, 0.4) is 0 Å². The van der Waals surface area contributed by atoms with E-state index >= 15 is 0 Å². The third-order valence-electron chi connectivity index (χ3n) is 3.00. The molecule has 1 aliphatic carbocycles. The van der Waals surface area contributed by atoms with Crippen LogP contribution in [0, 0.1) is 5.92 Å². The van der Waals surface area contributed by atoms with E-state index in [1.54, 1.807) is 0 Å². The van der Waals surface area contributed by atoms with Crippen LogP contribution in [-0.2, 0) is 6.42 Å². The second-order valence-electron chi connectivity index (χ2n) is 4.80. The van der Waals surface area contributed by atoms with E-state index in [9.17, 15) is 0 Å². The standard InChI is InChI=1S/C14H21N5/c15-13(19-14(16)18-10-12-6-7-12)17-9-8-11-4-2-1-3-5-11/h1-5,12H,6-10H2,(H5,15,16,17,18,19). The normalized spacial score (nSPS) is 16.4. The molecule has 19 heavy (non-hydrogen) atoms. The quantitative estimate of drug-likeness (QED) is 0.541. The molecular weight excluding hydrogens is 238 g/mol. The lowest BCUT2D eigenvalue weighted by Crippen LogP contribution is -2.41. The van der Waals surface area contributed by atoms with Crippen molar-refractivity contribution in [1.29, 1.82) is 0 Å². The van der Waals surface area contributed by atoms with Crippen LogP contribution in [0.5, 0.6) is 0 Å². The Morgan fingerprint density at radius 3 is 2.47 bits per heavy atom. The molecule has 1 aromatic carbocycles. The summed E-state index contributed by atoms with van der Waals surface area (Å²) in [5.41, 5.74) is 12.7. The van der Waals surface area contributed by atoms with Gasteiger partial charge < -0.3 is 11.5 Å². The highest BCUT2D eigenvalue weighted by Gasteiger charge is 2.20. The fourth-order valence-corrected chi connectivity index (χ4v) is 1.69. The van der Waals surface area contributed by atoms with E-state index in [-0.39, 0.29) is 0 Å². The SMILES string of the molecule is NC(=NCCc1ccccc1)NC(N)=NCC1CC1. The van der Waals surface area contributed by atoms with Crippen molar-refractivity contribution in [2.24, 2.45) is 27.4 Å². The maximum absolute atomic E-state index is 5.74. The molecule has 0 amide bonds. The van der Waals surface area contributed by atoms with Gasteiger partial charge in [0.25, 0.3) is 0 Å². The molecule has 1 fully saturated rings. The molecular formula is C14H21N5. The average Bonchev–Trinajstić information content (AvgIpc) is 3.21. The molecule has 5 nitrogen and oxygen atoms in total. The fraction of sp³-hybridized carbons (Fsp3) is 0.429. The van der Waals surface area contributed by atoms with Crippen LogP contribution in [0.2, 0.25) is 0 Å². The van der Waals surface area contributed by atoms with Gasteiger partial charge in [-0.3, -0.25) is 15.3 Å². The lowest BCUT2D eigenvalue weighted by molar-refractivity contribution is 0.841. The predicted molar refractivity (Wildman–Crippen MR) is 79.0 cm³/mol. The summed E-state index contributed by atoms with van der Waals surface area (Å²) in [5.74, 6) is 1.40. The second kappa shape index (κ2) is 6.78. The Balaban J connectivity index is 1.71. The zero-order chi connectivity index (χ0) is 13.5. The number of hydrogen-bond donors (Lipinski definition) is 3. The Bertz CT molecular complexity index is 448. The first kappa shape index (κ1) is 13.4. The highest BCUT2D eigenvalue weighted by Crippen LogP contribution is 2.28. The van der Waals surface area contributed by atoms with Crippen LogP contribution in [0.4, 0.5) is 0 Å². The van der Waals surface area contributed by atoms with Crippen molar-refractivity contribution in [3.8, 4) is 0 Å². The Morgan fingerprint density at radius 1 is 1.11 bits per heavy atom. The van der Waals surface area contributed by atoms with Gasteiger partial charge in [0.05, 0.1) is 0 Å². The summed E-state index contributed by atoms with van der Waals surface area (Å²) in [7, 11) is 0. The van der Waals surface area contributed by atoms with Crippen LogP contribution in [0.1, 0.15) is 18.4 Å². The summed E-state index contributed by atoms with van der Waals surface area (Å²) in [6.07, 6.45) is 3.39. The third kappa shape index (κ3) is 5.42. The van der Waals surface area contributed by atoms with E-state index in [0.29, 0.717) is 18.5 Å². The monoisotopic (exact) mass is 259 g/mol. The van der Waals surface area contributed by atoms with E-state index in [1.165, 1.54) is 18.4 Å². The Kier molecular flexibility index (Phi) is 4.78. The zero-order valence-corrected chi connectivity index (χ0v) is 11.0. The van der Waals surface area contributed by atoms with Gasteiger partial charge in [-0.1, -0.05) is 30.3 Å². The molecule has 0 unspecified atom stereocenters. The molecule has 0 atom stereocenters. The fourth-order valence-electron chi connectivity index (χ4n) is 1.69. The average molecular weight is 259 g/mol. The van der Waals surface area contributed by atoms with Gasteiger partial charge in [0, 0.05) is 13.1 Å². The topological polar surface area (TPSA) is 88.8 Å². The first-order valence-corrected chi connectivity index (χ1v) is 6.65. The molecule has 2 rings (SSSR count). The number of nitrogens with one attached hydrogen (secondary N) is 1. The number of guanidine groups is 2. The molecule has 0 aromatic heterocycles. The highest BCUT2D eigenvalue weighted by atomic mass is 15.2. The van der Waals surface area contributed by atoms with Gasteiger partial charge in [-0.15, -0.1) is 0 Å². The van der Waals surface area contributed by atoms with Crippen molar-refractivity contribution in [3.05, 3.63) is 35.9 Å². The summed E-state index contributed by atoms with van der Waals surface area (Å²) in [6, 6.07) is 10.2. The minimum absolute atomic E-state index is 0.327. The molecule has 0 radical (unpaired) electrons. The summed E-state index contributed by atoms with van der Waals surface area (Å²) in [5, 5.41) is 2.80. The molecule has 0 bridgehead atoms. The third-order valence-corrected chi connectivity index (χ3v) is 3.00. The van der Waals surface area contributed by atoms with Crippen LogP contribution in [0.25, 0.3) is 0 Å². The number of benzene rings is 1. The van der Waals surface area contributed by atoms with Gasteiger partial charge >= 0.3 is 0 Å². The maximum Gasteiger partial charge on any atom is 0.195 e. The van der Waals surface area contributed by atoms with E-state index in [4.69, 9.17) is 11.5 Å². The van der Waals surface area contributed by atoms with E-state index in [1.807, 2.05) is 18.2 Å². The Labute approximate surface area is 113 Å². The Hall–Kier alpha value is -2.04. The predicted octanol–water partition coefficient (Wildman–Crippen LogP) is 0.858. The second-order valence-corrected chi connectivity index (χ2v) is 4.80. The number of hydrogen-bond acceptors (Lipinski definition) is 2. The summed E-state index contributed by atoms with van der Waals surface area (Å²) in [4.78, 5) is 8.44. The van der Waals surface area contributed by atoms with Gasteiger partial charge in [-0.25, -0.2) is 0 Å². The lowest BCUT2D eigenvalue weighted by atomic mass is 10.2. The van der Waals surface area contributed by atoms with Gasteiger partial charge in [-0.05, 0) is 30.7 Å². The maximum atomic E-state index is 5.74. The molecule has 5 N–H and O–H groups in total. The van der Waals surface area contributed by atoms with Crippen LogP contribution >= 0.6 is 0 Å². The smallest absolute Gasteiger partial charge is 0.195 e. The Morgan fingerprint density at radius 2 is 1.79 bits per heavy atom. The van der Waals surface area contributed by atoms with Gasteiger partial charge in [0.1, 0.15) is 0 Å².